The van der Waals surface area contributed by atoms with Crippen LogP contribution in [0.2, 0.25) is 0 Å². The van der Waals surface area contributed by atoms with Gasteiger partial charge in [-0.1, -0.05) is 37.5 Å². The van der Waals surface area contributed by atoms with E-state index in [4.69, 9.17) is 0 Å². The summed E-state index contributed by atoms with van der Waals surface area (Å²) in [4.78, 5) is 11.1. The van der Waals surface area contributed by atoms with Crippen molar-refractivity contribution in [2.45, 2.75) is 38.0 Å². The lowest BCUT2D eigenvalue weighted by Crippen LogP contribution is -2.05. The summed E-state index contributed by atoms with van der Waals surface area (Å²) in [5.41, 5.74) is 2.04. The Hall–Kier alpha value is -0.760. The lowest BCUT2D eigenvalue weighted by Gasteiger charge is -2.22. The number of rotatable bonds is 2. The van der Waals surface area contributed by atoms with Crippen LogP contribution in [0.1, 0.15) is 53.9 Å². The van der Waals surface area contributed by atoms with Crippen LogP contribution < -0.4 is 0 Å². The third-order valence-electron chi connectivity index (χ3n) is 3.21. The van der Waals surface area contributed by atoms with Crippen LogP contribution in [0.5, 0.6) is 0 Å². The topological polar surface area (TPSA) is 17.1 Å². The van der Waals surface area contributed by atoms with E-state index in [1.807, 2.05) is 18.2 Å². The third kappa shape index (κ3) is 2.63. The third-order valence-corrected chi connectivity index (χ3v) is 3.47. The van der Waals surface area contributed by atoms with Crippen molar-refractivity contribution in [2.24, 2.45) is 0 Å². The summed E-state index contributed by atoms with van der Waals surface area (Å²) in [6, 6.07) is 7.94. The van der Waals surface area contributed by atoms with Crippen molar-refractivity contribution < 1.29 is 4.79 Å². The molecule has 15 heavy (non-hydrogen) atoms. The molecule has 1 fully saturated rings. The Bertz CT molecular complexity index is 353. The van der Waals surface area contributed by atoms with E-state index in [0.717, 1.165) is 5.56 Å². The average molecular weight is 220 g/mol. The summed E-state index contributed by atoms with van der Waals surface area (Å²) in [5.74, 6) is 0.659. The van der Waals surface area contributed by atoms with Crippen LogP contribution in [0.4, 0.5) is 0 Å². The Balaban J connectivity index is 2.19. The summed E-state index contributed by atoms with van der Waals surface area (Å²) in [5, 5.41) is -0.132. The maximum absolute atomic E-state index is 11.1. The number of carbonyl (C=O) groups excluding carboxylic acids is 1. The molecule has 1 aromatic carbocycles. The molecule has 1 saturated carbocycles. The molecule has 0 spiro atoms. The van der Waals surface area contributed by atoms with Gasteiger partial charge < -0.3 is 0 Å². The van der Waals surface area contributed by atoms with Crippen LogP contribution >= 0.6 is 12.6 Å². The van der Waals surface area contributed by atoms with Crippen molar-refractivity contribution in [3.63, 3.8) is 0 Å². The molecule has 0 N–H and O–H groups in total. The first-order valence-electron chi connectivity index (χ1n) is 5.60. The predicted molar refractivity (Wildman–Crippen MR) is 65.6 cm³/mol. The van der Waals surface area contributed by atoms with Gasteiger partial charge in [0.15, 0.2) is 0 Å². The highest BCUT2D eigenvalue weighted by Gasteiger charge is 2.15. The van der Waals surface area contributed by atoms with Crippen LogP contribution in [0.15, 0.2) is 24.3 Å². The molecule has 0 aromatic heterocycles. The quantitative estimate of drug-likeness (QED) is 0.750. The highest BCUT2D eigenvalue weighted by Crippen LogP contribution is 2.32. The van der Waals surface area contributed by atoms with E-state index in [9.17, 15) is 4.79 Å². The van der Waals surface area contributed by atoms with Crippen LogP contribution in [-0.4, -0.2) is 5.12 Å². The van der Waals surface area contributed by atoms with Crippen LogP contribution in [0.3, 0.4) is 0 Å². The second-order valence-corrected chi connectivity index (χ2v) is 4.67. The largest absolute Gasteiger partial charge is 0.282 e. The first-order valence-corrected chi connectivity index (χ1v) is 6.05. The molecule has 0 atom stereocenters. The van der Waals surface area contributed by atoms with Crippen LogP contribution in [0, 0.1) is 0 Å². The molecule has 0 unspecified atom stereocenters. The van der Waals surface area contributed by atoms with E-state index in [2.05, 4.69) is 18.7 Å². The smallest absolute Gasteiger partial charge is 0.216 e. The highest BCUT2D eigenvalue weighted by atomic mass is 32.1. The molecule has 0 bridgehead atoms. The molecule has 0 amide bonds. The molecule has 0 aliphatic heterocycles. The van der Waals surface area contributed by atoms with E-state index in [-0.39, 0.29) is 5.12 Å². The maximum Gasteiger partial charge on any atom is 0.216 e. The summed E-state index contributed by atoms with van der Waals surface area (Å²) in [6.45, 7) is 0. The fourth-order valence-electron chi connectivity index (χ4n) is 2.36. The van der Waals surface area contributed by atoms with Gasteiger partial charge in [0.05, 0.1) is 0 Å². The van der Waals surface area contributed by atoms with Crippen molar-refractivity contribution in [2.75, 3.05) is 0 Å². The molecule has 0 saturated heterocycles. The van der Waals surface area contributed by atoms with Crippen molar-refractivity contribution in [1.29, 1.82) is 0 Å². The Morgan fingerprint density at radius 3 is 2.60 bits per heavy atom. The van der Waals surface area contributed by atoms with Crippen LogP contribution in [-0.2, 0) is 0 Å². The van der Waals surface area contributed by atoms with Crippen LogP contribution in [0.25, 0.3) is 0 Å². The number of hydrogen-bond donors (Lipinski definition) is 1. The van der Waals surface area contributed by atoms with Gasteiger partial charge in [-0.3, -0.25) is 4.79 Å². The average Bonchev–Trinajstić information content (AvgIpc) is 2.30. The summed E-state index contributed by atoms with van der Waals surface area (Å²) in [6.07, 6.45) is 6.55. The molecule has 1 nitrogen and oxygen atoms in total. The zero-order chi connectivity index (χ0) is 10.7. The number of thiol groups is 1. The molecule has 0 radical (unpaired) electrons. The van der Waals surface area contributed by atoms with Gasteiger partial charge in [0.2, 0.25) is 5.12 Å². The van der Waals surface area contributed by atoms with Gasteiger partial charge in [-0.05, 0) is 30.4 Å². The van der Waals surface area contributed by atoms with Gasteiger partial charge in [0.1, 0.15) is 0 Å². The van der Waals surface area contributed by atoms with E-state index >= 15 is 0 Å². The monoisotopic (exact) mass is 220 g/mol. The molecule has 1 aliphatic rings. The van der Waals surface area contributed by atoms with Crippen molar-refractivity contribution in [3.8, 4) is 0 Å². The Labute approximate surface area is 96.3 Å². The van der Waals surface area contributed by atoms with Gasteiger partial charge in [-0.15, -0.1) is 12.6 Å². The Morgan fingerprint density at radius 1 is 1.20 bits per heavy atom. The van der Waals surface area contributed by atoms with E-state index in [1.165, 1.54) is 37.7 Å². The van der Waals surface area contributed by atoms with Crippen molar-refractivity contribution in [1.82, 2.24) is 0 Å². The van der Waals surface area contributed by atoms with Crippen molar-refractivity contribution >= 4 is 17.7 Å². The van der Waals surface area contributed by atoms with E-state index in [1.54, 1.807) is 0 Å². The van der Waals surface area contributed by atoms with Gasteiger partial charge in [0.25, 0.3) is 0 Å². The first-order chi connectivity index (χ1) is 7.27. The molecular formula is C13H16OS. The van der Waals surface area contributed by atoms with Crippen molar-refractivity contribution in [3.05, 3.63) is 35.4 Å². The summed E-state index contributed by atoms with van der Waals surface area (Å²) < 4.78 is 0. The molecule has 2 rings (SSSR count). The van der Waals surface area contributed by atoms with E-state index < -0.39 is 0 Å². The number of carbonyl (C=O) groups is 1. The SMILES string of the molecule is O=C(S)c1cccc(C2CCCCC2)c1. The Kier molecular flexibility index (Phi) is 3.47. The summed E-state index contributed by atoms with van der Waals surface area (Å²) in [7, 11) is 0. The molecule has 1 aliphatic carbocycles. The standard InChI is InChI=1S/C13H16OS/c14-13(15)12-8-4-7-11(9-12)10-5-2-1-3-6-10/h4,7-10H,1-3,5-6H2,(H,14,15). The predicted octanol–water partition coefficient (Wildman–Crippen LogP) is 3.80. The van der Waals surface area contributed by atoms with Gasteiger partial charge in [0, 0.05) is 5.56 Å². The molecule has 0 heterocycles. The minimum absolute atomic E-state index is 0.132. The fourth-order valence-corrected chi connectivity index (χ4v) is 2.50. The second-order valence-electron chi connectivity index (χ2n) is 4.27. The minimum atomic E-state index is -0.132. The minimum Gasteiger partial charge on any atom is -0.282 e. The molecule has 80 valence electrons. The normalized spacial score (nSPS) is 17.7. The Morgan fingerprint density at radius 2 is 1.93 bits per heavy atom. The van der Waals surface area contributed by atoms with Gasteiger partial charge in [-0.2, -0.15) is 0 Å². The zero-order valence-electron chi connectivity index (χ0n) is 8.78. The zero-order valence-corrected chi connectivity index (χ0v) is 9.67. The molecule has 2 heteroatoms. The van der Waals surface area contributed by atoms with Gasteiger partial charge >= 0.3 is 0 Å². The molecular weight excluding hydrogens is 204 g/mol. The first kappa shape index (κ1) is 10.7. The fraction of sp³-hybridized carbons (Fsp3) is 0.462. The number of benzene rings is 1. The maximum atomic E-state index is 11.1. The van der Waals surface area contributed by atoms with E-state index in [0.29, 0.717) is 5.92 Å². The van der Waals surface area contributed by atoms with Gasteiger partial charge in [-0.25, -0.2) is 0 Å². The number of hydrogen-bond acceptors (Lipinski definition) is 1. The summed E-state index contributed by atoms with van der Waals surface area (Å²) >= 11 is 3.86. The lowest BCUT2D eigenvalue weighted by atomic mass is 9.84. The second kappa shape index (κ2) is 4.84. The highest BCUT2D eigenvalue weighted by molar-refractivity contribution is 7.97. The molecule has 1 aromatic rings. The lowest BCUT2D eigenvalue weighted by molar-refractivity contribution is 0.109.